The lowest BCUT2D eigenvalue weighted by Gasteiger charge is -2.37. The van der Waals surface area contributed by atoms with Crippen LogP contribution in [0.5, 0.6) is 5.75 Å². The molecule has 1 N–H and O–H groups in total. The highest BCUT2D eigenvalue weighted by atomic mass is 32.1. The summed E-state index contributed by atoms with van der Waals surface area (Å²) in [5, 5.41) is 3.17. The summed E-state index contributed by atoms with van der Waals surface area (Å²) in [4.78, 5) is 31.6. The first-order valence-corrected chi connectivity index (χ1v) is 8.95. The van der Waals surface area contributed by atoms with Crippen LogP contribution in [0.3, 0.4) is 0 Å². The van der Waals surface area contributed by atoms with Crippen molar-refractivity contribution in [1.82, 2.24) is 4.98 Å². The van der Waals surface area contributed by atoms with Crippen molar-refractivity contribution in [2.45, 2.75) is 19.4 Å². The number of aryl methyl sites for hydroxylation is 1. The lowest BCUT2D eigenvalue weighted by molar-refractivity contribution is -0.144. The van der Waals surface area contributed by atoms with Gasteiger partial charge in [0.25, 0.3) is 17.4 Å². The zero-order chi connectivity index (χ0) is 18.5. The topological polar surface area (TPSA) is 71.5 Å². The molecule has 1 aliphatic rings. The summed E-state index contributed by atoms with van der Waals surface area (Å²) in [6.07, 6.45) is 0. The number of fused-ring (bicyclic) bond motifs is 2. The molecule has 132 valence electrons. The summed E-state index contributed by atoms with van der Waals surface area (Å²) in [7, 11) is 1.65. The van der Waals surface area contributed by atoms with Crippen molar-refractivity contribution in [2.24, 2.45) is 0 Å². The lowest BCUT2D eigenvalue weighted by Crippen LogP contribution is -2.59. The summed E-state index contributed by atoms with van der Waals surface area (Å²) in [5.74, 6) is -0.464. The first-order chi connectivity index (χ1) is 12.4. The molecule has 1 aliphatic heterocycles. The molecule has 1 unspecified atom stereocenters. The Balaban J connectivity index is 1.66. The number of nitrogens with one attached hydrogen (secondary N) is 1. The molecule has 2 heterocycles. The highest BCUT2D eigenvalue weighted by Crippen LogP contribution is 2.38. The number of carbonyl (C=O) groups is 2. The van der Waals surface area contributed by atoms with E-state index in [1.807, 2.05) is 43.3 Å². The van der Waals surface area contributed by atoms with Gasteiger partial charge in [-0.25, -0.2) is 4.98 Å². The Morgan fingerprint density at radius 1 is 1.27 bits per heavy atom. The van der Waals surface area contributed by atoms with Crippen molar-refractivity contribution in [2.75, 3.05) is 17.3 Å². The largest absolute Gasteiger partial charge is 0.465 e. The Hall–Kier alpha value is -2.93. The minimum absolute atomic E-state index is 0.422. The van der Waals surface area contributed by atoms with E-state index >= 15 is 0 Å². The van der Waals surface area contributed by atoms with E-state index in [1.165, 1.54) is 23.2 Å². The molecule has 0 aliphatic carbocycles. The van der Waals surface area contributed by atoms with Gasteiger partial charge in [0, 0.05) is 7.05 Å². The van der Waals surface area contributed by atoms with Gasteiger partial charge in [-0.15, -0.1) is 0 Å². The van der Waals surface area contributed by atoms with Crippen LogP contribution < -0.4 is 15.0 Å². The quantitative estimate of drug-likeness (QED) is 0.705. The number of carbonyl (C=O) groups excluding carboxylic acids is 2. The van der Waals surface area contributed by atoms with Crippen LogP contribution in [-0.2, 0) is 9.59 Å². The summed E-state index contributed by atoms with van der Waals surface area (Å²) in [6, 6.07) is 13.1. The molecule has 0 fully saturated rings. The minimum Gasteiger partial charge on any atom is -0.465 e. The van der Waals surface area contributed by atoms with Crippen LogP contribution in [-0.4, -0.2) is 29.4 Å². The average Bonchev–Trinajstić information content (AvgIpc) is 3.03. The molecule has 0 radical (unpaired) electrons. The van der Waals surface area contributed by atoms with Crippen LogP contribution in [0.2, 0.25) is 0 Å². The zero-order valence-electron chi connectivity index (χ0n) is 14.6. The minimum atomic E-state index is -1.66. The fourth-order valence-electron chi connectivity index (χ4n) is 2.95. The van der Waals surface area contributed by atoms with Crippen molar-refractivity contribution < 1.29 is 14.3 Å². The molecule has 2 amide bonds. The Labute approximate surface area is 154 Å². The van der Waals surface area contributed by atoms with E-state index in [-0.39, 0.29) is 0 Å². The SMILES string of the molecule is Cc1ccc2c(c1)N(C)C(=O)C(C)(C(=O)Nc1nc3ccccc3s1)O2. The fourth-order valence-corrected chi connectivity index (χ4v) is 3.82. The van der Waals surface area contributed by atoms with Gasteiger partial charge in [0.05, 0.1) is 15.9 Å². The summed E-state index contributed by atoms with van der Waals surface area (Å²) >= 11 is 1.35. The standard InChI is InChI=1S/C19H17N3O3S/c1-11-8-9-14-13(10-11)22(3)17(24)19(2,25-14)16(23)21-18-20-12-6-4-5-7-15(12)26-18/h4-10H,1-3H3,(H,20,21,23). The van der Waals surface area contributed by atoms with Crippen LogP contribution in [0.25, 0.3) is 10.2 Å². The average molecular weight is 367 g/mol. The summed E-state index contributed by atoms with van der Waals surface area (Å²) in [5.41, 5.74) is 0.802. The van der Waals surface area contributed by atoms with E-state index in [2.05, 4.69) is 10.3 Å². The van der Waals surface area contributed by atoms with Crippen molar-refractivity contribution in [3.63, 3.8) is 0 Å². The molecule has 3 aromatic rings. The third kappa shape index (κ3) is 2.52. The van der Waals surface area contributed by atoms with E-state index in [0.29, 0.717) is 16.6 Å². The normalized spacial score (nSPS) is 19.2. The van der Waals surface area contributed by atoms with Crippen molar-refractivity contribution in [3.8, 4) is 5.75 Å². The van der Waals surface area contributed by atoms with Gasteiger partial charge in [0.2, 0.25) is 0 Å². The van der Waals surface area contributed by atoms with Crippen LogP contribution in [0.4, 0.5) is 10.8 Å². The second kappa shape index (κ2) is 5.81. The van der Waals surface area contributed by atoms with E-state index in [9.17, 15) is 9.59 Å². The third-order valence-electron chi connectivity index (χ3n) is 4.45. The van der Waals surface area contributed by atoms with Gasteiger partial charge in [0.1, 0.15) is 5.75 Å². The Morgan fingerprint density at radius 2 is 2.04 bits per heavy atom. The molecule has 1 aromatic heterocycles. The summed E-state index contributed by atoms with van der Waals surface area (Å²) in [6.45, 7) is 3.42. The monoisotopic (exact) mass is 367 g/mol. The number of benzene rings is 2. The first kappa shape index (κ1) is 16.5. The van der Waals surface area contributed by atoms with Crippen LogP contribution in [0, 0.1) is 6.92 Å². The number of anilines is 2. The Kier molecular flexibility index (Phi) is 3.69. The van der Waals surface area contributed by atoms with Crippen molar-refractivity contribution in [3.05, 3.63) is 48.0 Å². The van der Waals surface area contributed by atoms with E-state index in [4.69, 9.17) is 4.74 Å². The van der Waals surface area contributed by atoms with Crippen LogP contribution in [0.15, 0.2) is 42.5 Å². The highest BCUT2D eigenvalue weighted by molar-refractivity contribution is 7.22. The second-order valence-electron chi connectivity index (χ2n) is 6.41. The molecular weight excluding hydrogens is 350 g/mol. The van der Waals surface area contributed by atoms with E-state index in [1.54, 1.807) is 13.1 Å². The maximum atomic E-state index is 12.9. The molecule has 0 saturated carbocycles. The van der Waals surface area contributed by atoms with Gasteiger partial charge in [-0.3, -0.25) is 14.9 Å². The second-order valence-corrected chi connectivity index (χ2v) is 7.44. The maximum absolute atomic E-state index is 12.9. The third-order valence-corrected chi connectivity index (χ3v) is 5.40. The molecule has 1 atom stereocenters. The molecule has 7 heteroatoms. The molecule has 4 rings (SSSR count). The number of ether oxygens (including phenoxy) is 1. The predicted octanol–water partition coefficient (Wildman–Crippen LogP) is 3.36. The maximum Gasteiger partial charge on any atom is 0.280 e. The Bertz CT molecular complexity index is 1010. The van der Waals surface area contributed by atoms with E-state index in [0.717, 1.165) is 15.8 Å². The van der Waals surface area contributed by atoms with Gasteiger partial charge >= 0.3 is 0 Å². The molecule has 0 spiro atoms. The lowest BCUT2D eigenvalue weighted by atomic mass is 10.00. The van der Waals surface area contributed by atoms with Gasteiger partial charge < -0.3 is 9.64 Å². The zero-order valence-corrected chi connectivity index (χ0v) is 15.4. The number of nitrogens with zero attached hydrogens (tertiary/aromatic N) is 2. The fraction of sp³-hybridized carbons (Fsp3) is 0.211. The number of para-hydroxylation sites is 1. The number of thiazole rings is 1. The van der Waals surface area contributed by atoms with Gasteiger partial charge in [-0.2, -0.15) is 0 Å². The number of rotatable bonds is 2. The van der Waals surface area contributed by atoms with Gasteiger partial charge in [-0.05, 0) is 43.7 Å². The first-order valence-electron chi connectivity index (χ1n) is 8.13. The Morgan fingerprint density at radius 3 is 2.81 bits per heavy atom. The van der Waals surface area contributed by atoms with Crippen molar-refractivity contribution in [1.29, 1.82) is 0 Å². The van der Waals surface area contributed by atoms with Gasteiger partial charge in [-0.1, -0.05) is 29.5 Å². The number of aromatic nitrogens is 1. The van der Waals surface area contributed by atoms with Crippen molar-refractivity contribution >= 4 is 44.2 Å². The van der Waals surface area contributed by atoms with Crippen LogP contribution >= 0.6 is 11.3 Å². The number of likely N-dealkylation sites (N-methyl/N-ethyl adjacent to an activating group) is 1. The molecule has 0 saturated heterocycles. The molecule has 0 bridgehead atoms. The number of hydrogen-bond acceptors (Lipinski definition) is 5. The van der Waals surface area contributed by atoms with Crippen LogP contribution in [0.1, 0.15) is 12.5 Å². The predicted molar refractivity (Wildman–Crippen MR) is 102 cm³/mol. The summed E-state index contributed by atoms with van der Waals surface area (Å²) < 4.78 is 6.80. The van der Waals surface area contributed by atoms with Gasteiger partial charge in [0.15, 0.2) is 5.13 Å². The van der Waals surface area contributed by atoms with E-state index < -0.39 is 17.4 Å². The molecule has 26 heavy (non-hydrogen) atoms. The smallest absolute Gasteiger partial charge is 0.280 e. The highest BCUT2D eigenvalue weighted by Gasteiger charge is 2.50. The number of amides is 2. The molecule has 2 aromatic carbocycles. The molecule has 6 nitrogen and oxygen atoms in total. The number of hydrogen-bond donors (Lipinski definition) is 1. The molecular formula is C19H17N3O3S.